The number of hydrogen-bond acceptors (Lipinski definition) is 2. The molecule has 0 aromatic heterocycles. The lowest BCUT2D eigenvalue weighted by molar-refractivity contribution is -0.131. The van der Waals surface area contributed by atoms with E-state index in [0.29, 0.717) is 6.04 Å². The fourth-order valence-electron chi connectivity index (χ4n) is 2.95. The maximum Gasteiger partial charge on any atom is 0.230 e. The van der Waals surface area contributed by atoms with Crippen molar-refractivity contribution in [3.63, 3.8) is 0 Å². The van der Waals surface area contributed by atoms with Gasteiger partial charge in [0.2, 0.25) is 5.91 Å². The van der Waals surface area contributed by atoms with Gasteiger partial charge in [-0.05, 0) is 31.4 Å². The molecule has 20 heavy (non-hydrogen) atoms. The predicted molar refractivity (Wildman–Crippen MR) is 84.0 cm³/mol. The summed E-state index contributed by atoms with van der Waals surface area (Å²) in [5.74, 6) is 0.274. The maximum absolute atomic E-state index is 12.7. The number of nitrogens with zero attached hydrogens (tertiary/aromatic N) is 1. The van der Waals surface area contributed by atoms with E-state index in [0.717, 1.165) is 30.6 Å². The van der Waals surface area contributed by atoms with Gasteiger partial charge < -0.3 is 10.2 Å². The molecule has 0 fully saturated rings. The molecule has 2 unspecified atom stereocenters. The molecular formula is C17H26N2O. The van der Waals surface area contributed by atoms with Gasteiger partial charge >= 0.3 is 0 Å². The van der Waals surface area contributed by atoms with E-state index in [4.69, 9.17) is 0 Å². The van der Waals surface area contributed by atoms with E-state index in [1.165, 1.54) is 12.8 Å². The summed E-state index contributed by atoms with van der Waals surface area (Å²) in [6.07, 6.45) is 4.36. The van der Waals surface area contributed by atoms with Crippen molar-refractivity contribution < 1.29 is 4.79 Å². The second-order valence-electron chi connectivity index (χ2n) is 5.89. The number of rotatable bonds is 5. The second kappa shape index (κ2) is 6.78. The Morgan fingerprint density at radius 2 is 2.10 bits per heavy atom. The lowest BCUT2D eigenvalue weighted by Gasteiger charge is -2.33. The largest absolute Gasteiger partial charge is 0.382 e. The number of anilines is 1. The number of unbranched alkanes of at least 4 members (excludes halogenated alkanes) is 2. The van der Waals surface area contributed by atoms with E-state index in [9.17, 15) is 4.79 Å². The normalized spacial score (nSPS) is 20.9. The van der Waals surface area contributed by atoms with Crippen molar-refractivity contribution in [1.29, 1.82) is 0 Å². The van der Waals surface area contributed by atoms with Crippen molar-refractivity contribution in [2.75, 3.05) is 18.9 Å². The first kappa shape index (κ1) is 14.9. The highest BCUT2D eigenvalue weighted by atomic mass is 16.2. The van der Waals surface area contributed by atoms with E-state index in [-0.39, 0.29) is 11.8 Å². The van der Waals surface area contributed by atoms with Crippen LogP contribution in [0.4, 0.5) is 5.69 Å². The smallest absolute Gasteiger partial charge is 0.230 e. The zero-order valence-corrected chi connectivity index (χ0v) is 12.9. The molecule has 1 aromatic carbocycles. The molecule has 110 valence electrons. The van der Waals surface area contributed by atoms with Crippen LogP contribution >= 0.6 is 0 Å². The third kappa shape index (κ3) is 3.33. The molecule has 2 atom stereocenters. The number of hydrogen-bond donors (Lipinski definition) is 1. The first-order chi connectivity index (χ1) is 9.63. The van der Waals surface area contributed by atoms with Gasteiger partial charge in [-0.25, -0.2) is 0 Å². The van der Waals surface area contributed by atoms with Gasteiger partial charge in [-0.15, -0.1) is 0 Å². The second-order valence-corrected chi connectivity index (χ2v) is 5.89. The molecule has 0 radical (unpaired) electrons. The molecular weight excluding hydrogens is 248 g/mol. The van der Waals surface area contributed by atoms with Gasteiger partial charge in [0.15, 0.2) is 0 Å². The van der Waals surface area contributed by atoms with E-state index >= 15 is 0 Å². The van der Waals surface area contributed by atoms with Crippen LogP contribution in [0.3, 0.4) is 0 Å². The number of nitrogens with one attached hydrogen (secondary N) is 1. The highest BCUT2D eigenvalue weighted by Gasteiger charge is 2.31. The number of amides is 1. The Balaban J connectivity index is 2.09. The van der Waals surface area contributed by atoms with Crippen LogP contribution in [-0.4, -0.2) is 30.4 Å². The lowest BCUT2D eigenvalue weighted by atomic mass is 9.86. The molecule has 0 bridgehead atoms. The lowest BCUT2D eigenvalue weighted by Crippen LogP contribution is -2.37. The molecule has 1 aliphatic heterocycles. The summed E-state index contributed by atoms with van der Waals surface area (Å²) in [6, 6.07) is 8.55. The van der Waals surface area contributed by atoms with Gasteiger partial charge in [-0.1, -0.05) is 38.0 Å². The van der Waals surface area contributed by atoms with Crippen LogP contribution in [-0.2, 0) is 4.79 Å². The minimum absolute atomic E-state index is 0.00840. The van der Waals surface area contributed by atoms with E-state index in [1.807, 2.05) is 24.1 Å². The number of para-hydroxylation sites is 1. The number of benzene rings is 1. The molecule has 1 aliphatic rings. The fraction of sp³-hybridized carbons (Fsp3) is 0.588. The van der Waals surface area contributed by atoms with Gasteiger partial charge in [0.05, 0.1) is 5.92 Å². The number of carbonyl (C=O) groups is 1. The Morgan fingerprint density at radius 1 is 1.35 bits per heavy atom. The maximum atomic E-state index is 12.7. The third-order valence-corrected chi connectivity index (χ3v) is 4.10. The molecule has 0 saturated carbocycles. The molecule has 1 amide bonds. The molecule has 1 N–H and O–H groups in total. The summed E-state index contributed by atoms with van der Waals surface area (Å²) in [4.78, 5) is 14.6. The molecule has 1 aromatic rings. The Hall–Kier alpha value is -1.51. The molecule has 3 nitrogen and oxygen atoms in total. The van der Waals surface area contributed by atoms with Gasteiger partial charge in [0.25, 0.3) is 0 Å². The van der Waals surface area contributed by atoms with Crippen molar-refractivity contribution in [3.8, 4) is 0 Å². The standard InChI is InChI=1S/C17H26N2O/c1-4-5-8-11-19(3)17(20)15-12-13(2)18-16-10-7-6-9-14(15)16/h6-7,9-10,13,15,18H,4-5,8,11-12H2,1-3H3. The highest BCUT2D eigenvalue weighted by Crippen LogP contribution is 2.35. The van der Waals surface area contributed by atoms with E-state index in [2.05, 4.69) is 31.3 Å². The van der Waals surface area contributed by atoms with E-state index < -0.39 is 0 Å². The molecule has 1 heterocycles. The first-order valence-electron chi connectivity index (χ1n) is 7.74. The zero-order chi connectivity index (χ0) is 14.5. The fourth-order valence-corrected chi connectivity index (χ4v) is 2.95. The molecule has 3 heteroatoms. The van der Waals surface area contributed by atoms with E-state index in [1.54, 1.807) is 0 Å². The minimum atomic E-state index is 0.00840. The van der Waals surface area contributed by atoms with Crippen LogP contribution in [0.15, 0.2) is 24.3 Å². The van der Waals surface area contributed by atoms with Crippen molar-refractivity contribution in [2.45, 2.75) is 51.5 Å². The SMILES string of the molecule is CCCCCN(C)C(=O)C1CC(C)Nc2ccccc21. The summed E-state index contributed by atoms with van der Waals surface area (Å²) in [5.41, 5.74) is 2.27. The quantitative estimate of drug-likeness (QED) is 0.832. The summed E-state index contributed by atoms with van der Waals surface area (Å²) >= 11 is 0. The number of fused-ring (bicyclic) bond motifs is 1. The van der Waals surface area contributed by atoms with Crippen molar-refractivity contribution in [1.82, 2.24) is 4.90 Å². The van der Waals surface area contributed by atoms with Crippen molar-refractivity contribution >= 4 is 11.6 Å². The Labute approximate surface area is 122 Å². The zero-order valence-electron chi connectivity index (χ0n) is 12.9. The topological polar surface area (TPSA) is 32.3 Å². The van der Waals surface area contributed by atoms with Crippen molar-refractivity contribution in [3.05, 3.63) is 29.8 Å². The van der Waals surface area contributed by atoms with Gasteiger partial charge in [0, 0.05) is 25.3 Å². The Morgan fingerprint density at radius 3 is 2.85 bits per heavy atom. The highest BCUT2D eigenvalue weighted by molar-refractivity contribution is 5.86. The summed E-state index contributed by atoms with van der Waals surface area (Å²) in [6.45, 7) is 5.20. The van der Waals surface area contributed by atoms with Gasteiger partial charge in [-0.2, -0.15) is 0 Å². The van der Waals surface area contributed by atoms with Crippen LogP contribution in [0, 0.1) is 0 Å². The Bertz CT molecular complexity index is 458. The third-order valence-electron chi connectivity index (χ3n) is 4.10. The predicted octanol–water partition coefficient (Wildman–Crippen LogP) is 3.62. The van der Waals surface area contributed by atoms with Crippen LogP contribution in [0.1, 0.15) is 51.0 Å². The number of likely N-dealkylation sites (N-methyl/N-ethyl adjacent to an activating group) is 1. The molecule has 0 saturated heterocycles. The monoisotopic (exact) mass is 274 g/mol. The summed E-state index contributed by atoms with van der Waals surface area (Å²) in [5, 5.41) is 3.47. The van der Waals surface area contributed by atoms with Crippen LogP contribution in [0.25, 0.3) is 0 Å². The van der Waals surface area contributed by atoms with Crippen LogP contribution in [0.5, 0.6) is 0 Å². The summed E-state index contributed by atoms with van der Waals surface area (Å²) in [7, 11) is 1.94. The average Bonchev–Trinajstić information content (AvgIpc) is 2.45. The Kier molecular flexibility index (Phi) is 5.05. The van der Waals surface area contributed by atoms with Crippen LogP contribution in [0.2, 0.25) is 0 Å². The molecule has 0 aliphatic carbocycles. The summed E-state index contributed by atoms with van der Waals surface area (Å²) < 4.78 is 0. The van der Waals surface area contributed by atoms with Gasteiger partial charge in [-0.3, -0.25) is 4.79 Å². The molecule has 2 rings (SSSR count). The molecule has 0 spiro atoms. The number of carbonyl (C=O) groups excluding carboxylic acids is 1. The van der Waals surface area contributed by atoms with Gasteiger partial charge in [0.1, 0.15) is 0 Å². The van der Waals surface area contributed by atoms with Crippen LogP contribution < -0.4 is 5.32 Å². The average molecular weight is 274 g/mol. The van der Waals surface area contributed by atoms with Crippen molar-refractivity contribution in [2.24, 2.45) is 0 Å². The minimum Gasteiger partial charge on any atom is -0.382 e. The first-order valence-corrected chi connectivity index (χ1v) is 7.74.